The maximum atomic E-state index is 9.50. The van der Waals surface area contributed by atoms with Gasteiger partial charge in [0.25, 0.3) is 0 Å². The summed E-state index contributed by atoms with van der Waals surface area (Å²) in [6.07, 6.45) is 1.35. The maximum absolute atomic E-state index is 9.50. The molecule has 2 aromatic rings. The number of hydrogen-bond donors (Lipinski definition) is 1. The van der Waals surface area contributed by atoms with Crippen LogP contribution in [0.5, 0.6) is 11.6 Å². The van der Waals surface area contributed by atoms with Crippen LogP contribution in [0.1, 0.15) is 32.0 Å². The standard InChI is InChI=1S/C16H20N2O2/c1-10-8-12(20-16(3,4)5)6-7-13(10)15-11(2)17-9-14(19)18-15/h6-9H,1-5H3,(H,18,19). The molecule has 106 valence electrons. The maximum Gasteiger partial charge on any atom is 0.230 e. The smallest absolute Gasteiger partial charge is 0.230 e. The van der Waals surface area contributed by atoms with Gasteiger partial charge in [0.05, 0.1) is 17.6 Å². The molecule has 4 nitrogen and oxygen atoms in total. The number of aromatic nitrogens is 2. The fraction of sp³-hybridized carbons (Fsp3) is 0.375. The lowest BCUT2D eigenvalue weighted by Crippen LogP contribution is -2.22. The van der Waals surface area contributed by atoms with Crippen molar-refractivity contribution < 1.29 is 9.84 Å². The molecular formula is C16H20N2O2. The molecule has 1 heterocycles. The van der Waals surface area contributed by atoms with Gasteiger partial charge in [-0.25, -0.2) is 4.98 Å². The zero-order chi connectivity index (χ0) is 14.9. The summed E-state index contributed by atoms with van der Waals surface area (Å²) in [6.45, 7) is 9.92. The third-order valence-electron chi connectivity index (χ3n) is 2.82. The molecule has 1 aromatic heterocycles. The molecule has 2 rings (SSSR count). The van der Waals surface area contributed by atoms with Crippen molar-refractivity contribution in [2.45, 2.75) is 40.2 Å². The molecule has 0 radical (unpaired) electrons. The molecule has 0 bridgehead atoms. The largest absolute Gasteiger partial charge is 0.492 e. The minimum Gasteiger partial charge on any atom is -0.492 e. The molecule has 0 aliphatic heterocycles. The minimum atomic E-state index is -0.227. The lowest BCUT2D eigenvalue weighted by molar-refractivity contribution is 0.131. The second-order valence-corrected chi connectivity index (χ2v) is 5.85. The highest BCUT2D eigenvalue weighted by Crippen LogP contribution is 2.29. The average Bonchev–Trinajstić information content (AvgIpc) is 2.31. The quantitative estimate of drug-likeness (QED) is 0.906. The number of aryl methyl sites for hydroxylation is 2. The van der Waals surface area contributed by atoms with Crippen LogP contribution in [0.4, 0.5) is 0 Å². The van der Waals surface area contributed by atoms with Crippen molar-refractivity contribution in [2.24, 2.45) is 0 Å². The first-order valence-electron chi connectivity index (χ1n) is 6.59. The van der Waals surface area contributed by atoms with Crippen LogP contribution in [0.2, 0.25) is 0 Å². The Balaban J connectivity index is 2.42. The van der Waals surface area contributed by atoms with Crippen LogP contribution in [0.15, 0.2) is 24.4 Å². The van der Waals surface area contributed by atoms with Crippen LogP contribution in [-0.2, 0) is 0 Å². The molecule has 4 heteroatoms. The molecule has 0 saturated heterocycles. The van der Waals surface area contributed by atoms with Gasteiger partial charge in [-0.05, 0) is 58.4 Å². The van der Waals surface area contributed by atoms with Crippen LogP contribution in [0.25, 0.3) is 11.3 Å². The average molecular weight is 272 g/mol. The number of ether oxygens (including phenoxy) is 1. The molecule has 0 aliphatic carbocycles. The van der Waals surface area contributed by atoms with E-state index in [-0.39, 0.29) is 11.5 Å². The van der Waals surface area contributed by atoms with Crippen LogP contribution < -0.4 is 4.74 Å². The van der Waals surface area contributed by atoms with Gasteiger partial charge in [-0.1, -0.05) is 0 Å². The van der Waals surface area contributed by atoms with E-state index in [1.54, 1.807) is 0 Å². The van der Waals surface area contributed by atoms with Crippen LogP contribution in [0, 0.1) is 13.8 Å². The van der Waals surface area contributed by atoms with Crippen molar-refractivity contribution in [3.8, 4) is 22.9 Å². The molecule has 0 saturated carbocycles. The van der Waals surface area contributed by atoms with Crippen LogP contribution in [0.3, 0.4) is 0 Å². The Morgan fingerprint density at radius 2 is 1.85 bits per heavy atom. The van der Waals surface area contributed by atoms with Gasteiger partial charge in [0, 0.05) is 5.56 Å². The van der Waals surface area contributed by atoms with E-state index in [0.29, 0.717) is 5.69 Å². The molecule has 1 aromatic carbocycles. The zero-order valence-corrected chi connectivity index (χ0v) is 12.6. The first-order valence-corrected chi connectivity index (χ1v) is 6.59. The van der Waals surface area contributed by atoms with E-state index in [0.717, 1.165) is 22.6 Å². The minimum absolute atomic E-state index is 0.0694. The van der Waals surface area contributed by atoms with E-state index in [2.05, 4.69) is 9.97 Å². The fourth-order valence-electron chi connectivity index (χ4n) is 2.01. The Kier molecular flexibility index (Phi) is 3.66. The summed E-state index contributed by atoms with van der Waals surface area (Å²) < 4.78 is 5.84. The molecule has 0 spiro atoms. The van der Waals surface area contributed by atoms with E-state index < -0.39 is 0 Å². The number of hydrogen-bond acceptors (Lipinski definition) is 4. The van der Waals surface area contributed by atoms with Gasteiger partial charge in [-0.2, -0.15) is 0 Å². The van der Waals surface area contributed by atoms with Crippen molar-refractivity contribution in [2.75, 3.05) is 0 Å². The first kappa shape index (κ1) is 14.3. The van der Waals surface area contributed by atoms with Crippen molar-refractivity contribution >= 4 is 0 Å². The molecule has 0 unspecified atom stereocenters. The Morgan fingerprint density at radius 3 is 2.45 bits per heavy atom. The normalized spacial score (nSPS) is 11.4. The van der Waals surface area contributed by atoms with E-state index in [4.69, 9.17) is 4.74 Å². The molecule has 0 amide bonds. The Hall–Kier alpha value is -2.10. The fourth-order valence-corrected chi connectivity index (χ4v) is 2.01. The van der Waals surface area contributed by atoms with E-state index in [1.807, 2.05) is 52.8 Å². The summed E-state index contributed by atoms with van der Waals surface area (Å²) in [5.41, 5.74) is 3.25. The van der Waals surface area contributed by atoms with Crippen molar-refractivity contribution in [1.82, 2.24) is 9.97 Å². The summed E-state index contributed by atoms with van der Waals surface area (Å²) in [4.78, 5) is 8.29. The summed E-state index contributed by atoms with van der Waals surface area (Å²) in [6, 6.07) is 5.84. The number of nitrogens with zero attached hydrogens (tertiary/aromatic N) is 2. The molecule has 0 aliphatic rings. The highest BCUT2D eigenvalue weighted by atomic mass is 16.5. The van der Waals surface area contributed by atoms with E-state index in [9.17, 15) is 5.11 Å². The van der Waals surface area contributed by atoms with Crippen molar-refractivity contribution in [1.29, 1.82) is 0 Å². The third kappa shape index (κ3) is 3.26. The SMILES string of the molecule is Cc1cc(OC(C)(C)C)ccc1-c1nc(O)cnc1C. The molecule has 0 fully saturated rings. The third-order valence-corrected chi connectivity index (χ3v) is 2.82. The number of aromatic hydroxyl groups is 1. The van der Waals surface area contributed by atoms with Gasteiger partial charge in [0.1, 0.15) is 11.4 Å². The molecule has 0 atom stereocenters. The highest BCUT2D eigenvalue weighted by molar-refractivity contribution is 5.66. The summed E-state index contributed by atoms with van der Waals surface area (Å²) in [7, 11) is 0. The lowest BCUT2D eigenvalue weighted by Gasteiger charge is -2.22. The Labute approximate surface area is 119 Å². The number of benzene rings is 1. The molecule has 1 N–H and O–H groups in total. The topological polar surface area (TPSA) is 55.2 Å². The summed E-state index contributed by atoms with van der Waals surface area (Å²) in [5, 5.41) is 9.50. The summed E-state index contributed by atoms with van der Waals surface area (Å²) in [5.74, 6) is 0.754. The van der Waals surface area contributed by atoms with Gasteiger partial charge in [-0.3, -0.25) is 4.98 Å². The van der Waals surface area contributed by atoms with Crippen molar-refractivity contribution in [3.05, 3.63) is 35.7 Å². The number of rotatable bonds is 2. The second-order valence-electron chi connectivity index (χ2n) is 5.85. The van der Waals surface area contributed by atoms with Crippen molar-refractivity contribution in [3.63, 3.8) is 0 Å². The van der Waals surface area contributed by atoms with Gasteiger partial charge in [-0.15, -0.1) is 0 Å². The summed E-state index contributed by atoms with van der Waals surface area (Å²) >= 11 is 0. The van der Waals surface area contributed by atoms with Gasteiger partial charge >= 0.3 is 0 Å². The predicted molar refractivity (Wildman–Crippen MR) is 79.0 cm³/mol. The van der Waals surface area contributed by atoms with Gasteiger partial charge in [0.15, 0.2) is 0 Å². The zero-order valence-electron chi connectivity index (χ0n) is 12.6. The lowest BCUT2D eigenvalue weighted by atomic mass is 10.0. The Morgan fingerprint density at radius 1 is 1.15 bits per heavy atom. The van der Waals surface area contributed by atoms with E-state index >= 15 is 0 Å². The first-order chi connectivity index (χ1) is 9.26. The molecule has 20 heavy (non-hydrogen) atoms. The second kappa shape index (κ2) is 5.12. The van der Waals surface area contributed by atoms with Crippen LogP contribution >= 0.6 is 0 Å². The van der Waals surface area contributed by atoms with Gasteiger partial charge in [0.2, 0.25) is 5.88 Å². The molecular weight excluding hydrogens is 252 g/mol. The van der Waals surface area contributed by atoms with E-state index in [1.165, 1.54) is 6.20 Å². The monoisotopic (exact) mass is 272 g/mol. The van der Waals surface area contributed by atoms with Crippen LogP contribution in [-0.4, -0.2) is 20.7 Å². The highest BCUT2D eigenvalue weighted by Gasteiger charge is 2.14. The Bertz CT molecular complexity index is 631. The predicted octanol–water partition coefficient (Wildman–Crippen LogP) is 3.64. The van der Waals surface area contributed by atoms with Gasteiger partial charge < -0.3 is 9.84 Å².